The maximum atomic E-state index is 13.8. The van der Waals surface area contributed by atoms with Crippen molar-refractivity contribution >= 4 is 34.1 Å². The number of hydrogen-bond acceptors (Lipinski definition) is 3. The largest absolute Gasteiger partial charge is 0.478 e. The number of aromatic nitrogens is 2. The topological polar surface area (TPSA) is 89.8 Å². The molecule has 1 heterocycles. The third-order valence-corrected chi connectivity index (χ3v) is 5.43. The van der Waals surface area contributed by atoms with Crippen molar-refractivity contribution in [2.75, 3.05) is 0 Å². The number of allylic oxidation sites excluding steroid dienone is 1. The van der Waals surface area contributed by atoms with Crippen LogP contribution < -0.4 is 0 Å². The van der Waals surface area contributed by atoms with Gasteiger partial charge in [-0.15, -0.1) is 0 Å². The molecule has 162 valence electrons. The van der Waals surface area contributed by atoms with Gasteiger partial charge >= 0.3 is 5.97 Å². The van der Waals surface area contributed by atoms with E-state index < -0.39 is 11.8 Å². The number of halogens is 1. The Labute approximate surface area is 190 Å². The molecule has 0 aliphatic rings. The summed E-state index contributed by atoms with van der Waals surface area (Å²) in [5.41, 5.74) is 6.26. The summed E-state index contributed by atoms with van der Waals surface area (Å²) in [6, 6.07) is 19.9. The fraction of sp³-hybridized carbons (Fsp3) is 0.0741. The van der Waals surface area contributed by atoms with Crippen LogP contribution in [0.25, 0.3) is 28.1 Å². The number of rotatable bonds is 6. The fourth-order valence-corrected chi connectivity index (χ4v) is 3.92. The van der Waals surface area contributed by atoms with Crippen molar-refractivity contribution in [3.8, 4) is 6.07 Å². The van der Waals surface area contributed by atoms with E-state index in [0.29, 0.717) is 12.0 Å². The van der Waals surface area contributed by atoms with Crippen LogP contribution in [-0.4, -0.2) is 21.3 Å². The molecule has 0 amide bonds. The average Bonchev–Trinajstić information content (AvgIpc) is 3.30. The van der Waals surface area contributed by atoms with Gasteiger partial charge in [0.1, 0.15) is 5.82 Å². The van der Waals surface area contributed by atoms with Gasteiger partial charge in [0, 0.05) is 11.5 Å². The average molecular weight is 437 g/mol. The Morgan fingerprint density at radius 3 is 2.58 bits per heavy atom. The number of aromatic amines is 1. The third kappa shape index (κ3) is 4.58. The molecule has 4 aromatic rings. The van der Waals surface area contributed by atoms with E-state index in [1.165, 1.54) is 18.2 Å². The number of hydrogen-bond donors (Lipinski definition) is 2. The van der Waals surface area contributed by atoms with E-state index in [1.54, 1.807) is 12.3 Å². The number of aliphatic carboxylic acids is 1. The minimum Gasteiger partial charge on any atom is -0.478 e. The Kier molecular flexibility index (Phi) is 6.14. The summed E-state index contributed by atoms with van der Waals surface area (Å²) in [6.45, 7) is 2.00. The van der Waals surface area contributed by atoms with Gasteiger partial charge in [-0.05, 0) is 70.2 Å². The highest BCUT2D eigenvalue weighted by atomic mass is 19.1. The molecule has 33 heavy (non-hydrogen) atoms. The van der Waals surface area contributed by atoms with Crippen LogP contribution in [0.4, 0.5) is 4.39 Å². The van der Waals surface area contributed by atoms with Gasteiger partial charge in [-0.25, -0.2) is 9.18 Å². The van der Waals surface area contributed by atoms with E-state index in [1.807, 2.05) is 49.4 Å². The van der Waals surface area contributed by atoms with E-state index in [4.69, 9.17) is 5.11 Å². The first kappa shape index (κ1) is 21.7. The zero-order valence-electron chi connectivity index (χ0n) is 17.8. The lowest BCUT2D eigenvalue weighted by Crippen LogP contribution is -1.98. The molecule has 0 unspecified atom stereocenters. The van der Waals surface area contributed by atoms with E-state index in [0.717, 1.165) is 44.8 Å². The van der Waals surface area contributed by atoms with Crippen LogP contribution in [0.2, 0.25) is 0 Å². The molecule has 0 aliphatic carbocycles. The summed E-state index contributed by atoms with van der Waals surface area (Å²) in [5, 5.41) is 26.5. The van der Waals surface area contributed by atoms with Crippen LogP contribution in [0.3, 0.4) is 0 Å². The summed E-state index contributed by atoms with van der Waals surface area (Å²) in [7, 11) is 0. The van der Waals surface area contributed by atoms with Crippen molar-refractivity contribution in [1.29, 1.82) is 5.26 Å². The normalized spacial score (nSPS) is 12.0. The number of nitrogens with zero attached hydrogens (tertiary/aromatic N) is 2. The predicted molar refractivity (Wildman–Crippen MR) is 127 cm³/mol. The predicted octanol–water partition coefficient (Wildman–Crippen LogP) is 6.04. The van der Waals surface area contributed by atoms with E-state index >= 15 is 0 Å². The van der Waals surface area contributed by atoms with Gasteiger partial charge in [0.25, 0.3) is 0 Å². The molecule has 5 nitrogen and oxygen atoms in total. The molecule has 0 saturated carbocycles. The molecule has 1 aromatic heterocycles. The number of carbonyl (C=O) groups is 1. The monoisotopic (exact) mass is 437 g/mol. The molecule has 0 radical (unpaired) electrons. The number of carboxylic acid groups (broad SMARTS) is 1. The molecule has 2 N–H and O–H groups in total. The highest BCUT2D eigenvalue weighted by Gasteiger charge is 2.17. The molecule has 0 spiro atoms. The maximum absolute atomic E-state index is 13.8. The van der Waals surface area contributed by atoms with Crippen molar-refractivity contribution in [3.63, 3.8) is 0 Å². The van der Waals surface area contributed by atoms with Gasteiger partial charge in [-0.1, -0.05) is 43.3 Å². The van der Waals surface area contributed by atoms with Gasteiger partial charge in [-0.2, -0.15) is 10.4 Å². The highest BCUT2D eigenvalue weighted by molar-refractivity contribution is 6.01. The van der Waals surface area contributed by atoms with Crippen LogP contribution in [0.5, 0.6) is 0 Å². The van der Waals surface area contributed by atoms with Crippen LogP contribution in [-0.2, 0) is 4.79 Å². The van der Waals surface area contributed by atoms with Crippen LogP contribution in [0, 0.1) is 17.1 Å². The molecule has 0 bridgehead atoms. The summed E-state index contributed by atoms with van der Waals surface area (Å²) in [6.07, 6.45) is 4.98. The van der Waals surface area contributed by atoms with Crippen molar-refractivity contribution < 1.29 is 14.3 Å². The molecule has 0 fully saturated rings. The van der Waals surface area contributed by atoms with Gasteiger partial charge in [0.15, 0.2) is 0 Å². The highest BCUT2D eigenvalue weighted by Crippen LogP contribution is 2.37. The molecular weight excluding hydrogens is 417 g/mol. The third-order valence-electron chi connectivity index (χ3n) is 5.43. The molecule has 0 saturated heterocycles. The number of H-pyrrole nitrogens is 1. The summed E-state index contributed by atoms with van der Waals surface area (Å²) >= 11 is 0. The Morgan fingerprint density at radius 1 is 1.12 bits per heavy atom. The standard InChI is InChI=1S/C27H20FN3O2/c1-2-23(24-10-9-22(28)14-20(24)15-29)27(19-8-11-25-21(13-19)16-30-31-25)18-6-3-17(4-7-18)5-12-26(32)33/h3-14,16H,2H2,1H3,(H,30,31)(H,32,33)/b12-5+,27-23+. The van der Waals surface area contributed by atoms with Crippen LogP contribution in [0.1, 0.15) is 41.2 Å². The van der Waals surface area contributed by atoms with Crippen molar-refractivity contribution in [1.82, 2.24) is 10.2 Å². The zero-order chi connectivity index (χ0) is 23.4. The minimum atomic E-state index is -1.01. The van der Waals surface area contributed by atoms with Gasteiger partial charge in [0.2, 0.25) is 0 Å². The number of carboxylic acids is 1. The lowest BCUT2D eigenvalue weighted by atomic mass is 9.86. The number of benzene rings is 3. The van der Waals surface area contributed by atoms with Gasteiger partial charge in [-0.3, -0.25) is 5.10 Å². The molecule has 4 rings (SSSR count). The SMILES string of the molecule is CC/C(=C(/c1ccc(/C=C/C(=O)O)cc1)c1ccc2[nH]ncc2c1)c1ccc(F)cc1C#N. The van der Waals surface area contributed by atoms with E-state index in [2.05, 4.69) is 16.3 Å². The lowest BCUT2D eigenvalue weighted by molar-refractivity contribution is -0.131. The summed E-state index contributed by atoms with van der Waals surface area (Å²) < 4.78 is 13.8. The molecule has 0 aliphatic heterocycles. The smallest absolute Gasteiger partial charge is 0.328 e. The van der Waals surface area contributed by atoms with E-state index in [9.17, 15) is 14.4 Å². The van der Waals surface area contributed by atoms with Crippen molar-refractivity contribution in [2.24, 2.45) is 0 Å². The lowest BCUT2D eigenvalue weighted by Gasteiger charge is -2.17. The maximum Gasteiger partial charge on any atom is 0.328 e. The Balaban J connectivity index is 1.96. The number of nitriles is 1. The van der Waals surface area contributed by atoms with Crippen molar-refractivity contribution in [3.05, 3.63) is 107 Å². The quantitative estimate of drug-likeness (QED) is 0.284. The number of fused-ring (bicyclic) bond motifs is 1. The second-order valence-corrected chi connectivity index (χ2v) is 7.47. The summed E-state index contributed by atoms with van der Waals surface area (Å²) in [5.74, 6) is -1.47. The van der Waals surface area contributed by atoms with E-state index in [-0.39, 0.29) is 5.56 Å². The van der Waals surface area contributed by atoms with Gasteiger partial charge < -0.3 is 5.11 Å². The first-order valence-electron chi connectivity index (χ1n) is 10.4. The Morgan fingerprint density at radius 2 is 1.88 bits per heavy atom. The van der Waals surface area contributed by atoms with Gasteiger partial charge in [0.05, 0.1) is 23.3 Å². The minimum absolute atomic E-state index is 0.273. The summed E-state index contributed by atoms with van der Waals surface area (Å²) in [4.78, 5) is 10.8. The molecular formula is C27H20FN3O2. The molecule has 3 aromatic carbocycles. The molecule has 0 atom stereocenters. The fourth-order valence-electron chi connectivity index (χ4n) is 3.92. The van der Waals surface area contributed by atoms with Crippen LogP contribution in [0.15, 0.2) is 72.9 Å². The first-order chi connectivity index (χ1) is 16.0. The zero-order valence-corrected chi connectivity index (χ0v) is 17.8. The Hall–Kier alpha value is -4.50. The Bertz CT molecular complexity index is 1440. The van der Waals surface area contributed by atoms with Crippen LogP contribution >= 0.6 is 0 Å². The first-order valence-corrected chi connectivity index (χ1v) is 10.4. The molecule has 6 heteroatoms. The number of nitrogens with one attached hydrogen (secondary N) is 1. The second-order valence-electron chi connectivity index (χ2n) is 7.47. The van der Waals surface area contributed by atoms with Crippen molar-refractivity contribution in [2.45, 2.75) is 13.3 Å². The second kappa shape index (κ2) is 9.33.